The SMILES string of the molecule is CC1(C)c2ccccc2-c2ccc(N(c3ccccc3-c3ccccc3)c3cccc4c3C(C)(C)c3ccccc3N4c3c(-c4cccc5ccccc45)ccc4ccccc34)cc21. The van der Waals surface area contributed by atoms with E-state index in [1.165, 1.54) is 94.2 Å². The molecule has 10 aromatic rings. The summed E-state index contributed by atoms with van der Waals surface area (Å²) in [5, 5.41) is 4.90. The van der Waals surface area contributed by atoms with Gasteiger partial charge in [0.2, 0.25) is 0 Å². The molecule has 0 N–H and O–H groups in total. The Balaban J connectivity index is 1.17. The van der Waals surface area contributed by atoms with Crippen LogP contribution in [0.15, 0.2) is 218 Å². The number of rotatable bonds is 6. The molecule has 0 fully saturated rings. The fraction of sp³-hybridized carbons (Fsp3) is 0.0968. The van der Waals surface area contributed by atoms with E-state index in [4.69, 9.17) is 0 Å². The fourth-order valence-electron chi connectivity index (χ4n) is 11.2. The average Bonchev–Trinajstić information content (AvgIpc) is 3.57. The lowest BCUT2D eigenvalue weighted by Crippen LogP contribution is -2.33. The largest absolute Gasteiger partial charge is 0.309 e. The molecule has 0 saturated carbocycles. The average molecular weight is 821 g/mol. The molecule has 0 atom stereocenters. The number of fused-ring (bicyclic) bond motifs is 7. The number of nitrogens with zero attached hydrogens (tertiary/aromatic N) is 2. The Morgan fingerprint density at radius 3 is 1.75 bits per heavy atom. The van der Waals surface area contributed by atoms with Gasteiger partial charge in [-0.25, -0.2) is 0 Å². The van der Waals surface area contributed by atoms with Crippen molar-refractivity contribution in [3.63, 3.8) is 0 Å². The second kappa shape index (κ2) is 14.4. The summed E-state index contributed by atoms with van der Waals surface area (Å²) in [6, 6.07) is 81.0. The zero-order valence-corrected chi connectivity index (χ0v) is 36.7. The lowest BCUT2D eigenvalue weighted by molar-refractivity contribution is 0.632. The van der Waals surface area contributed by atoms with Gasteiger partial charge >= 0.3 is 0 Å². The smallest absolute Gasteiger partial charge is 0.0618 e. The molecule has 0 aromatic heterocycles. The highest BCUT2D eigenvalue weighted by molar-refractivity contribution is 6.11. The van der Waals surface area contributed by atoms with Gasteiger partial charge in [0, 0.05) is 38.6 Å². The zero-order chi connectivity index (χ0) is 43.2. The third-order valence-corrected chi connectivity index (χ3v) is 14.2. The highest BCUT2D eigenvalue weighted by Crippen LogP contribution is 2.59. The summed E-state index contributed by atoms with van der Waals surface area (Å²) >= 11 is 0. The molecule has 1 heterocycles. The lowest BCUT2D eigenvalue weighted by Gasteiger charge is -2.45. The minimum atomic E-state index is -0.393. The van der Waals surface area contributed by atoms with Gasteiger partial charge in [0.25, 0.3) is 0 Å². The van der Waals surface area contributed by atoms with Gasteiger partial charge in [0.15, 0.2) is 0 Å². The van der Waals surface area contributed by atoms with Gasteiger partial charge in [0.1, 0.15) is 0 Å². The van der Waals surface area contributed by atoms with E-state index >= 15 is 0 Å². The lowest BCUT2D eigenvalue weighted by atomic mass is 9.72. The molecule has 64 heavy (non-hydrogen) atoms. The maximum absolute atomic E-state index is 2.59. The molecule has 0 bridgehead atoms. The van der Waals surface area contributed by atoms with Crippen LogP contribution in [0.25, 0.3) is 54.9 Å². The van der Waals surface area contributed by atoms with E-state index in [0.29, 0.717) is 0 Å². The Morgan fingerprint density at radius 2 is 0.922 bits per heavy atom. The predicted octanol–water partition coefficient (Wildman–Crippen LogP) is 17.2. The van der Waals surface area contributed by atoms with Gasteiger partial charge in [-0.2, -0.15) is 0 Å². The Hall–Kier alpha value is -7.68. The monoisotopic (exact) mass is 820 g/mol. The van der Waals surface area contributed by atoms with Crippen LogP contribution in [0.5, 0.6) is 0 Å². The van der Waals surface area contributed by atoms with E-state index in [1.54, 1.807) is 0 Å². The number of hydrogen-bond donors (Lipinski definition) is 0. The first kappa shape index (κ1) is 38.0. The molecule has 2 nitrogen and oxygen atoms in total. The maximum atomic E-state index is 2.59. The van der Waals surface area contributed by atoms with Crippen molar-refractivity contribution in [1.29, 1.82) is 0 Å². The van der Waals surface area contributed by atoms with Crippen molar-refractivity contribution in [2.24, 2.45) is 0 Å². The van der Waals surface area contributed by atoms with Crippen molar-refractivity contribution in [3.05, 3.63) is 241 Å². The van der Waals surface area contributed by atoms with Crippen LogP contribution < -0.4 is 9.80 Å². The highest BCUT2D eigenvalue weighted by atomic mass is 15.2. The van der Waals surface area contributed by atoms with Gasteiger partial charge in [-0.05, 0) is 91.5 Å². The molecular weight excluding hydrogens is 773 g/mol. The van der Waals surface area contributed by atoms with Crippen LogP contribution in [0.4, 0.5) is 34.1 Å². The second-order valence-corrected chi connectivity index (χ2v) is 18.5. The predicted molar refractivity (Wildman–Crippen MR) is 271 cm³/mol. The molecule has 0 unspecified atom stereocenters. The van der Waals surface area contributed by atoms with Gasteiger partial charge in [-0.3, -0.25) is 0 Å². The molecule has 0 spiro atoms. The first-order valence-electron chi connectivity index (χ1n) is 22.5. The maximum Gasteiger partial charge on any atom is 0.0618 e. The summed E-state index contributed by atoms with van der Waals surface area (Å²) in [7, 11) is 0. The van der Waals surface area contributed by atoms with Crippen LogP contribution in [-0.2, 0) is 10.8 Å². The van der Waals surface area contributed by atoms with E-state index < -0.39 is 5.41 Å². The van der Waals surface area contributed by atoms with Crippen LogP contribution in [-0.4, -0.2) is 0 Å². The van der Waals surface area contributed by atoms with Gasteiger partial charge in [0.05, 0.1) is 28.4 Å². The first-order chi connectivity index (χ1) is 31.3. The standard InChI is InChI=1S/C62H48N2/c1-61(2)52-30-14-12-28-49(52)50-39-37-44(40-54(50)61)63(55-32-16-13-26-46(55)42-20-6-5-7-21-42)57-34-19-35-58-59(57)62(3,4)53-31-15-17-33-56(53)64(58)60-47-27-11-9-23-43(47)36-38-51(60)48-29-18-24-41-22-8-10-25-45(41)48/h5-40H,1-4H3. The molecule has 306 valence electrons. The molecule has 0 amide bonds. The molecule has 2 aliphatic rings. The van der Waals surface area contributed by atoms with Crippen molar-refractivity contribution >= 4 is 55.7 Å². The van der Waals surface area contributed by atoms with Crippen molar-refractivity contribution < 1.29 is 0 Å². The zero-order valence-electron chi connectivity index (χ0n) is 36.7. The van der Waals surface area contributed by atoms with Crippen molar-refractivity contribution in [1.82, 2.24) is 0 Å². The summed E-state index contributed by atoms with van der Waals surface area (Å²) in [5.41, 5.74) is 19.1. The van der Waals surface area contributed by atoms with Crippen molar-refractivity contribution in [3.8, 4) is 33.4 Å². The van der Waals surface area contributed by atoms with Crippen LogP contribution in [0.2, 0.25) is 0 Å². The van der Waals surface area contributed by atoms with E-state index in [-0.39, 0.29) is 5.41 Å². The van der Waals surface area contributed by atoms with Crippen LogP contribution >= 0.6 is 0 Å². The quantitative estimate of drug-likeness (QED) is 0.165. The third-order valence-electron chi connectivity index (χ3n) is 14.2. The molecule has 2 heteroatoms. The summed E-state index contributed by atoms with van der Waals surface area (Å²) in [5.74, 6) is 0. The summed E-state index contributed by atoms with van der Waals surface area (Å²) in [6.07, 6.45) is 0. The van der Waals surface area contributed by atoms with E-state index in [2.05, 4.69) is 256 Å². The second-order valence-electron chi connectivity index (χ2n) is 18.5. The van der Waals surface area contributed by atoms with Gasteiger partial charge < -0.3 is 9.80 Å². The van der Waals surface area contributed by atoms with Gasteiger partial charge in [-0.1, -0.05) is 210 Å². The van der Waals surface area contributed by atoms with E-state index in [0.717, 1.165) is 17.1 Å². The molecule has 0 radical (unpaired) electrons. The molecular formula is C62H48N2. The fourth-order valence-corrected chi connectivity index (χ4v) is 11.2. The van der Waals surface area contributed by atoms with Crippen LogP contribution in [0.3, 0.4) is 0 Å². The van der Waals surface area contributed by atoms with Crippen LogP contribution in [0, 0.1) is 0 Å². The topological polar surface area (TPSA) is 6.48 Å². The summed E-state index contributed by atoms with van der Waals surface area (Å²) in [4.78, 5) is 5.14. The first-order valence-corrected chi connectivity index (χ1v) is 22.5. The van der Waals surface area contributed by atoms with E-state index in [9.17, 15) is 0 Å². The Bertz CT molecular complexity index is 3460. The number of hydrogen-bond acceptors (Lipinski definition) is 2. The third kappa shape index (κ3) is 5.65. The Morgan fingerprint density at radius 1 is 0.359 bits per heavy atom. The van der Waals surface area contributed by atoms with E-state index in [1.807, 2.05) is 0 Å². The number of anilines is 6. The van der Waals surface area contributed by atoms with Crippen molar-refractivity contribution in [2.45, 2.75) is 38.5 Å². The Labute approximate surface area is 376 Å². The minimum Gasteiger partial charge on any atom is -0.309 e. The van der Waals surface area contributed by atoms with Gasteiger partial charge in [-0.15, -0.1) is 0 Å². The molecule has 1 aliphatic heterocycles. The number of benzene rings is 10. The molecule has 1 aliphatic carbocycles. The molecule has 12 rings (SSSR count). The Kier molecular flexibility index (Phi) is 8.58. The van der Waals surface area contributed by atoms with Crippen molar-refractivity contribution in [2.75, 3.05) is 9.80 Å². The molecule has 10 aromatic carbocycles. The van der Waals surface area contributed by atoms with Crippen LogP contribution in [0.1, 0.15) is 49.9 Å². The number of para-hydroxylation sites is 2. The summed E-state index contributed by atoms with van der Waals surface area (Å²) < 4.78 is 0. The minimum absolute atomic E-state index is 0.163. The normalized spacial score (nSPS) is 14.2. The summed E-state index contributed by atoms with van der Waals surface area (Å²) in [6.45, 7) is 9.60. The molecule has 0 saturated heterocycles. The highest BCUT2D eigenvalue weighted by Gasteiger charge is 2.42.